The highest BCUT2D eigenvalue weighted by atomic mass is 16.7. The predicted molar refractivity (Wildman–Crippen MR) is 80.0 cm³/mol. The molecule has 2 heteroatoms. The molecule has 0 bridgehead atoms. The van der Waals surface area contributed by atoms with Crippen LogP contribution in [0, 0.1) is 0 Å². The van der Waals surface area contributed by atoms with Gasteiger partial charge in [0.05, 0.1) is 0 Å². The van der Waals surface area contributed by atoms with Crippen LogP contribution in [0.25, 0.3) is 16.3 Å². The summed E-state index contributed by atoms with van der Waals surface area (Å²) in [6.45, 7) is 9.30. The van der Waals surface area contributed by atoms with Crippen LogP contribution in [0.3, 0.4) is 0 Å². The molecule has 0 spiro atoms. The van der Waals surface area contributed by atoms with Gasteiger partial charge in [0.25, 0.3) is 0 Å². The molecule has 0 aliphatic rings. The zero-order valence-corrected chi connectivity index (χ0v) is 11.6. The fourth-order valence-corrected chi connectivity index (χ4v) is 2.18. The molecule has 0 saturated heterocycles. The van der Waals surface area contributed by atoms with Crippen molar-refractivity contribution in [1.82, 2.24) is 0 Å². The number of ether oxygens (including phenoxy) is 2. The van der Waals surface area contributed by atoms with Crippen LogP contribution in [0.2, 0.25) is 0 Å². The molecule has 0 N–H and O–H groups in total. The third kappa shape index (κ3) is 3.03. The van der Waals surface area contributed by atoms with Gasteiger partial charge in [-0.2, -0.15) is 0 Å². The summed E-state index contributed by atoms with van der Waals surface area (Å²) in [5.74, 6) is 0. The molecule has 0 radical (unpaired) electrons. The summed E-state index contributed by atoms with van der Waals surface area (Å²) in [6.07, 6.45) is -0.374. The van der Waals surface area contributed by atoms with Crippen molar-refractivity contribution in [3.63, 3.8) is 0 Å². The van der Waals surface area contributed by atoms with Gasteiger partial charge in [0.15, 0.2) is 6.29 Å². The molecular weight excluding hydrogens is 236 g/mol. The third-order valence-electron chi connectivity index (χ3n) is 3.06. The minimum atomic E-state index is -0.374. The van der Waals surface area contributed by atoms with E-state index in [0.717, 1.165) is 11.1 Å². The highest BCUT2D eigenvalue weighted by molar-refractivity contribution is 5.93. The van der Waals surface area contributed by atoms with Crippen molar-refractivity contribution in [1.29, 1.82) is 0 Å². The fraction of sp³-hybridized carbons (Fsp3) is 0.294. The first-order chi connectivity index (χ1) is 9.27. The topological polar surface area (TPSA) is 18.5 Å². The maximum Gasteiger partial charge on any atom is 0.183 e. The van der Waals surface area contributed by atoms with Crippen LogP contribution in [-0.2, 0) is 9.47 Å². The highest BCUT2D eigenvalue weighted by Crippen LogP contribution is 2.27. The average Bonchev–Trinajstić information content (AvgIpc) is 2.46. The highest BCUT2D eigenvalue weighted by Gasteiger charge is 2.16. The van der Waals surface area contributed by atoms with Gasteiger partial charge in [0.2, 0.25) is 0 Å². The predicted octanol–water partition coefficient (Wildman–Crippen LogP) is 4.25. The van der Waals surface area contributed by atoms with Gasteiger partial charge in [-0.25, -0.2) is 0 Å². The number of hydrogen-bond acceptors (Lipinski definition) is 2. The minimum absolute atomic E-state index is 0.374. The number of benzene rings is 2. The van der Waals surface area contributed by atoms with E-state index in [1.165, 1.54) is 10.8 Å². The van der Waals surface area contributed by atoms with Crippen LogP contribution < -0.4 is 0 Å². The quantitative estimate of drug-likeness (QED) is 0.719. The Balaban J connectivity index is 2.39. The van der Waals surface area contributed by atoms with E-state index in [0.29, 0.717) is 13.2 Å². The first-order valence-electron chi connectivity index (χ1n) is 6.68. The van der Waals surface area contributed by atoms with E-state index in [9.17, 15) is 0 Å². The van der Waals surface area contributed by atoms with Crippen molar-refractivity contribution in [2.24, 2.45) is 0 Å². The van der Waals surface area contributed by atoms with Crippen LogP contribution in [-0.4, -0.2) is 19.5 Å². The monoisotopic (exact) mass is 256 g/mol. The molecule has 2 aromatic rings. The van der Waals surface area contributed by atoms with E-state index in [1.54, 1.807) is 0 Å². The Bertz CT molecular complexity index is 549. The molecule has 0 aliphatic carbocycles. The minimum Gasteiger partial charge on any atom is -0.349 e. The van der Waals surface area contributed by atoms with Crippen molar-refractivity contribution >= 4 is 16.3 Å². The Morgan fingerprint density at radius 1 is 1.00 bits per heavy atom. The van der Waals surface area contributed by atoms with Gasteiger partial charge in [-0.05, 0) is 30.2 Å². The van der Waals surface area contributed by atoms with Crippen LogP contribution in [0.15, 0.2) is 49.0 Å². The summed E-state index contributed by atoms with van der Waals surface area (Å²) in [4.78, 5) is 0. The maximum absolute atomic E-state index is 5.63. The molecule has 2 rings (SSSR count). The Hall–Kier alpha value is -1.64. The second-order valence-electron chi connectivity index (χ2n) is 4.29. The summed E-state index contributed by atoms with van der Waals surface area (Å²) < 4.78 is 11.3. The molecule has 0 atom stereocenters. The second kappa shape index (κ2) is 6.50. The zero-order valence-electron chi connectivity index (χ0n) is 11.6. The van der Waals surface area contributed by atoms with Crippen molar-refractivity contribution in [3.05, 3.63) is 54.6 Å². The molecule has 0 aliphatic heterocycles. The first-order valence-corrected chi connectivity index (χ1v) is 6.68. The van der Waals surface area contributed by atoms with E-state index >= 15 is 0 Å². The Kier molecular flexibility index (Phi) is 4.72. The lowest BCUT2D eigenvalue weighted by molar-refractivity contribution is -0.0962. The molecule has 0 fully saturated rings. The number of rotatable bonds is 6. The van der Waals surface area contributed by atoms with Crippen LogP contribution >= 0.6 is 0 Å². The summed E-state index contributed by atoms with van der Waals surface area (Å²) >= 11 is 0. The van der Waals surface area contributed by atoms with Crippen molar-refractivity contribution < 1.29 is 9.47 Å². The SMILES string of the molecule is C=C(c1cccc2ccccc12)C(OCC)OCC. The molecule has 0 amide bonds. The van der Waals surface area contributed by atoms with E-state index < -0.39 is 0 Å². The molecule has 2 nitrogen and oxygen atoms in total. The van der Waals surface area contributed by atoms with Crippen LogP contribution in [0.4, 0.5) is 0 Å². The van der Waals surface area contributed by atoms with Crippen LogP contribution in [0.1, 0.15) is 19.4 Å². The van der Waals surface area contributed by atoms with Gasteiger partial charge < -0.3 is 9.47 Å². The largest absolute Gasteiger partial charge is 0.349 e. The average molecular weight is 256 g/mol. The normalized spacial score (nSPS) is 11.1. The zero-order chi connectivity index (χ0) is 13.7. The smallest absolute Gasteiger partial charge is 0.183 e. The fourth-order valence-electron chi connectivity index (χ4n) is 2.18. The van der Waals surface area contributed by atoms with Crippen molar-refractivity contribution in [3.8, 4) is 0 Å². The molecule has 19 heavy (non-hydrogen) atoms. The van der Waals surface area contributed by atoms with Crippen molar-refractivity contribution in [2.45, 2.75) is 20.1 Å². The Morgan fingerprint density at radius 2 is 1.63 bits per heavy atom. The van der Waals surface area contributed by atoms with Gasteiger partial charge in [0, 0.05) is 18.8 Å². The van der Waals surface area contributed by atoms with Gasteiger partial charge in [-0.15, -0.1) is 0 Å². The number of hydrogen-bond donors (Lipinski definition) is 0. The molecule has 0 saturated carbocycles. The third-order valence-corrected chi connectivity index (χ3v) is 3.06. The van der Waals surface area contributed by atoms with E-state index in [1.807, 2.05) is 32.0 Å². The number of fused-ring (bicyclic) bond motifs is 1. The lowest BCUT2D eigenvalue weighted by atomic mass is 9.99. The van der Waals surface area contributed by atoms with Gasteiger partial charge in [-0.3, -0.25) is 0 Å². The molecule has 0 unspecified atom stereocenters. The van der Waals surface area contributed by atoms with E-state index in [4.69, 9.17) is 9.47 Å². The molecule has 0 heterocycles. The maximum atomic E-state index is 5.63. The van der Waals surface area contributed by atoms with Crippen LogP contribution in [0.5, 0.6) is 0 Å². The van der Waals surface area contributed by atoms with E-state index in [2.05, 4.69) is 30.8 Å². The van der Waals surface area contributed by atoms with Crippen molar-refractivity contribution in [2.75, 3.05) is 13.2 Å². The lowest BCUT2D eigenvalue weighted by Gasteiger charge is -2.20. The lowest BCUT2D eigenvalue weighted by Crippen LogP contribution is -2.18. The summed E-state index contributed by atoms with van der Waals surface area (Å²) in [7, 11) is 0. The first kappa shape index (κ1) is 13.8. The standard InChI is InChI=1S/C17H20O2/c1-4-18-17(19-5-2)13(3)15-12-8-10-14-9-6-7-11-16(14)15/h6-12,17H,3-5H2,1-2H3. The Labute approximate surface area is 114 Å². The summed E-state index contributed by atoms with van der Waals surface area (Å²) in [5.41, 5.74) is 1.96. The summed E-state index contributed by atoms with van der Waals surface area (Å²) in [5, 5.41) is 2.38. The molecule has 100 valence electrons. The molecular formula is C17H20O2. The summed E-state index contributed by atoms with van der Waals surface area (Å²) in [6, 6.07) is 14.5. The van der Waals surface area contributed by atoms with Gasteiger partial charge in [-0.1, -0.05) is 49.0 Å². The molecule has 0 aromatic heterocycles. The van der Waals surface area contributed by atoms with Gasteiger partial charge >= 0.3 is 0 Å². The van der Waals surface area contributed by atoms with Gasteiger partial charge in [0.1, 0.15) is 0 Å². The second-order valence-corrected chi connectivity index (χ2v) is 4.29. The van der Waals surface area contributed by atoms with E-state index in [-0.39, 0.29) is 6.29 Å². The molecule has 2 aromatic carbocycles. The Morgan fingerprint density at radius 3 is 2.32 bits per heavy atom.